The van der Waals surface area contributed by atoms with Crippen LogP contribution >= 0.6 is 0 Å². The molecule has 0 radical (unpaired) electrons. The summed E-state index contributed by atoms with van der Waals surface area (Å²) in [5.74, 6) is -1.24. The number of benzene rings is 3. The minimum atomic E-state index is -1.26. The largest absolute Gasteiger partial charge is 0.487 e. The van der Waals surface area contributed by atoms with Crippen LogP contribution in [0.1, 0.15) is 41.6 Å². The lowest BCUT2D eigenvalue weighted by atomic mass is 9.88. The number of hydrogen-bond donors (Lipinski definition) is 3. The molecule has 0 saturated carbocycles. The molecule has 7 nitrogen and oxygen atoms in total. The van der Waals surface area contributed by atoms with Gasteiger partial charge in [0.15, 0.2) is 0 Å². The van der Waals surface area contributed by atoms with E-state index in [2.05, 4.69) is 90.0 Å². The predicted molar refractivity (Wildman–Crippen MR) is 160 cm³/mol. The topological polar surface area (TPSA) is 109 Å². The van der Waals surface area contributed by atoms with Crippen LogP contribution in [0.4, 0.5) is 0 Å². The summed E-state index contributed by atoms with van der Waals surface area (Å²) in [5.41, 5.74) is 4.99. The number of nitrogens with one attached hydrogen (secondary N) is 1. The van der Waals surface area contributed by atoms with Crippen molar-refractivity contribution >= 4 is 11.9 Å². The van der Waals surface area contributed by atoms with Gasteiger partial charge in [-0.3, -0.25) is 4.98 Å². The molecule has 0 bridgehead atoms. The average molecular weight is 553 g/mol. The molecule has 0 aliphatic carbocycles. The summed E-state index contributed by atoms with van der Waals surface area (Å²) in [6.07, 6.45) is 4.96. The Balaban J connectivity index is 0.000000507. The second-order valence-electron chi connectivity index (χ2n) is 9.49. The number of carboxylic acid groups (broad SMARTS) is 2. The highest BCUT2D eigenvalue weighted by Crippen LogP contribution is 2.27. The Morgan fingerprint density at radius 3 is 1.88 bits per heavy atom. The Morgan fingerprint density at radius 2 is 1.37 bits per heavy atom. The van der Waals surface area contributed by atoms with Crippen LogP contribution in [0.5, 0.6) is 5.75 Å². The highest BCUT2D eigenvalue weighted by molar-refractivity contribution is 5.89. The van der Waals surface area contributed by atoms with Crippen molar-refractivity contribution in [3.8, 4) is 5.75 Å². The monoisotopic (exact) mass is 552 g/mol. The molecule has 0 fully saturated rings. The minimum absolute atomic E-state index is 0.400. The maximum Gasteiger partial charge on any atom is 0.328 e. The van der Waals surface area contributed by atoms with E-state index in [-0.39, 0.29) is 0 Å². The first-order valence-corrected chi connectivity index (χ1v) is 13.5. The quantitative estimate of drug-likeness (QED) is 0.172. The fraction of sp³-hybridized carbons (Fsp3) is 0.206. The second-order valence-corrected chi connectivity index (χ2v) is 9.49. The molecule has 0 spiro atoms. The van der Waals surface area contributed by atoms with E-state index in [0.717, 1.165) is 30.8 Å². The zero-order valence-corrected chi connectivity index (χ0v) is 23.1. The molecule has 3 N–H and O–H groups in total. The molecule has 4 rings (SSSR count). The molecule has 1 heterocycles. The maximum absolute atomic E-state index is 9.55. The number of carbonyl (C=O) groups is 2. The lowest BCUT2D eigenvalue weighted by Crippen LogP contribution is -2.30. The normalized spacial score (nSPS) is 11.5. The van der Waals surface area contributed by atoms with Crippen molar-refractivity contribution in [3.05, 3.63) is 144 Å². The third-order valence-corrected chi connectivity index (χ3v) is 6.28. The van der Waals surface area contributed by atoms with Gasteiger partial charge in [-0.2, -0.15) is 0 Å². The summed E-state index contributed by atoms with van der Waals surface area (Å²) in [6, 6.07) is 36.3. The lowest BCUT2D eigenvalue weighted by Gasteiger charge is -2.20. The summed E-state index contributed by atoms with van der Waals surface area (Å²) in [6.45, 7) is 3.72. The molecular formula is C34H36N2O5. The highest BCUT2D eigenvalue weighted by atomic mass is 16.5. The SMILES string of the molecule is CC(Cc1ccc(OCc2ccccn2)cc1)NCCC(c1ccccc1)c1ccccc1.O=C(O)/C=C\C(=O)O. The molecule has 7 heteroatoms. The molecule has 41 heavy (non-hydrogen) atoms. The summed E-state index contributed by atoms with van der Waals surface area (Å²) in [7, 11) is 0. The van der Waals surface area contributed by atoms with Gasteiger partial charge in [-0.15, -0.1) is 0 Å². The average Bonchev–Trinajstić information content (AvgIpc) is 3.00. The van der Waals surface area contributed by atoms with Crippen LogP contribution in [0, 0.1) is 0 Å². The van der Waals surface area contributed by atoms with Crippen LogP contribution in [0.25, 0.3) is 0 Å². The fourth-order valence-electron chi connectivity index (χ4n) is 4.30. The van der Waals surface area contributed by atoms with Crippen molar-refractivity contribution in [1.82, 2.24) is 10.3 Å². The molecule has 0 amide bonds. The zero-order chi connectivity index (χ0) is 29.3. The number of nitrogens with zero attached hydrogens (tertiary/aromatic N) is 1. The molecular weight excluding hydrogens is 516 g/mol. The molecule has 0 aliphatic rings. The Morgan fingerprint density at radius 1 is 0.805 bits per heavy atom. The van der Waals surface area contributed by atoms with E-state index < -0.39 is 11.9 Å². The van der Waals surface area contributed by atoms with E-state index >= 15 is 0 Å². The third-order valence-electron chi connectivity index (χ3n) is 6.28. The van der Waals surface area contributed by atoms with Crippen molar-refractivity contribution in [2.24, 2.45) is 0 Å². The van der Waals surface area contributed by atoms with Gasteiger partial charge in [-0.25, -0.2) is 9.59 Å². The van der Waals surface area contributed by atoms with Crippen molar-refractivity contribution in [3.63, 3.8) is 0 Å². The van der Waals surface area contributed by atoms with Gasteiger partial charge in [-0.05, 0) is 67.3 Å². The van der Waals surface area contributed by atoms with Gasteiger partial charge in [0.2, 0.25) is 0 Å². The fourth-order valence-corrected chi connectivity index (χ4v) is 4.30. The van der Waals surface area contributed by atoms with Crippen LogP contribution < -0.4 is 10.1 Å². The van der Waals surface area contributed by atoms with Gasteiger partial charge in [-0.1, -0.05) is 78.9 Å². The number of carboxylic acids is 2. The number of aromatic nitrogens is 1. The van der Waals surface area contributed by atoms with E-state index in [9.17, 15) is 9.59 Å². The predicted octanol–water partition coefficient (Wildman–Crippen LogP) is 6.12. The van der Waals surface area contributed by atoms with Gasteiger partial charge in [0.05, 0.1) is 5.69 Å². The smallest absolute Gasteiger partial charge is 0.328 e. The number of rotatable bonds is 13. The van der Waals surface area contributed by atoms with Crippen LogP contribution in [-0.2, 0) is 22.6 Å². The molecule has 212 valence electrons. The Bertz CT molecular complexity index is 1290. The molecule has 1 atom stereocenters. The Labute approximate surface area is 241 Å². The molecule has 1 aromatic heterocycles. The van der Waals surface area contributed by atoms with E-state index in [1.807, 2.05) is 30.3 Å². The highest BCUT2D eigenvalue weighted by Gasteiger charge is 2.14. The van der Waals surface area contributed by atoms with Crippen LogP contribution in [0.2, 0.25) is 0 Å². The first-order valence-electron chi connectivity index (χ1n) is 13.5. The number of aliphatic carboxylic acids is 2. The standard InChI is InChI=1S/C30H32N2O.C4H4O4/c1-24(22-25-15-17-29(18-16-25)33-23-28-14-8-9-20-32-28)31-21-19-30(26-10-4-2-5-11-26)27-12-6-3-7-13-27;5-3(6)1-2-4(7)8/h2-18,20,24,30-31H,19,21-23H2,1H3;1-2H,(H,5,6)(H,7,8)/b;2-1-. The first kappa shape index (κ1) is 30.8. The number of ether oxygens (including phenoxy) is 1. The summed E-state index contributed by atoms with van der Waals surface area (Å²) >= 11 is 0. The summed E-state index contributed by atoms with van der Waals surface area (Å²) < 4.78 is 5.85. The van der Waals surface area contributed by atoms with Crippen LogP contribution in [0.3, 0.4) is 0 Å². The first-order chi connectivity index (χ1) is 19.9. The van der Waals surface area contributed by atoms with Crippen molar-refractivity contribution in [2.45, 2.75) is 38.3 Å². The van der Waals surface area contributed by atoms with Crippen molar-refractivity contribution < 1.29 is 24.5 Å². The van der Waals surface area contributed by atoms with Gasteiger partial charge in [0.1, 0.15) is 12.4 Å². The van der Waals surface area contributed by atoms with Crippen LogP contribution in [0.15, 0.2) is 121 Å². The second kappa shape index (κ2) is 17.0. The number of pyridine rings is 1. The third kappa shape index (κ3) is 11.9. The van der Waals surface area contributed by atoms with Gasteiger partial charge >= 0.3 is 11.9 Å². The Kier molecular flexibility index (Phi) is 12.8. The van der Waals surface area contributed by atoms with Crippen molar-refractivity contribution in [1.29, 1.82) is 0 Å². The maximum atomic E-state index is 9.55. The van der Waals surface area contributed by atoms with E-state index in [1.165, 1.54) is 16.7 Å². The molecule has 3 aromatic carbocycles. The molecule has 1 unspecified atom stereocenters. The minimum Gasteiger partial charge on any atom is -0.487 e. The molecule has 0 aliphatic heterocycles. The zero-order valence-electron chi connectivity index (χ0n) is 23.1. The van der Waals surface area contributed by atoms with Gasteiger partial charge in [0.25, 0.3) is 0 Å². The molecule has 0 saturated heterocycles. The Hall–Kier alpha value is -4.75. The van der Waals surface area contributed by atoms with E-state index in [1.54, 1.807) is 6.20 Å². The number of hydrogen-bond acceptors (Lipinski definition) is 5. The summed E-state index contributed by atoms with van der Waals surface area (Å²) in [4.78, 5) is 23.4. The lowest BCUT2D eigenvalue weighted by molar-refractivity contribution is -0.134. The van der Waals surface area contributed by atoms with E-state index in [4.69, 9.17) is 14.9 Å². The molecule has 4 aromatic rings. The summed E-state index contributed by atoms with van der Waals surface area (Å²) in [5, 5.41) is 19.3. The van der Waals surface area contributed by atoms with Crippen LogP contribution in [-0.4, -0.2) is 39.7 Å². The van der Waals surface area contributed by atoms with E-state index in [0.29, 0.717) is 30.7 Å². The van der Waals surface area contributed by atoms with Crippen molar-refractivity contribution in [2.75, 3.05) is 6.54 Å². The van der Waals surface area contributed by atoms with Gasteiger partial charge < -0.3 is 20.3 Å². The van der Waals surface area contributed by atoms with Gasteiger partial charge in [0, 0.05) is 30.3 Å².